The fraction of sp³-hybridized carbons (Fsp3) is 0.188. The number of carbonyl (C=O) groups is 1. The van der Waals surface area contributed by atoms with Crippen LogP contribution in [0.25, 0.3) is 0 Å². The van der Waals surface area contributed by atoms with E-state index >= 15 is 0 Å². The number of hydrogen-bond donors (Lipinski definition) is 1. The molecule has 0 spiro atoms. The molecule has 2 aromatic rings. The van der Waals surface area contributed by atoms with E-state index in [1.807, 2.05) is 0 Å². The van der Waals surface area contributed by atoms with Crippen molar-refractivity contribution in [1.29, 1.82) is 0 Å². The van der Waals surface area contributed by atoms with Gasteiger partial charge >= 0.3 is 0 Å². The highest BCUT2D eigenvalue weighted by molar-refractivity contribution is 7.89. The average molecular weight is 387 g/mol. The van der Waals surface area contributed by atoms with Crippen LogP contribution in [0.4, 0.5) is 5.69 Å². The number of hydrogen-bond acceptors (Lipinski definition) is 3. The number of rotatable bonds is 5. The van der Waals surface area contributed by atoms with Crippen LogP contribution in [0.2, 0.25) is 10.0 Å². The maximum atomic E-state index is 12.6. The van der Waals surface area contributed by atoms with Gasteiger partial charge in [0.05, 0.1) is 14.9 Å². The van der Waals surface area contributed by atoms with Gasteiger partial charge in [-0.05, 0) is 35.9 Å². The molecule has 2 aromatic carbocycles. The normalized spacial score (nSPS) is 11.5. The van der Waals surface area contributed by atoms with Crippen molar-refractivity contribution in [3.8, 4) is 0 Å². The van der Waals surface area contributed by atoms with Gasteiger partial charge in [-0.2, -0.15) is 4.31 Å². The van der Waals surface area contributed by atoms with Crippen LogP contribution >= 0.6 is 23.2 Å². The number of benzene rings is 2. The number of nitrogens with one attached hydrogen (secondary N) is 1. The fourth-order valence-corrected chi connectivity index (χ4v) is 3.62. The van der Waals surface area contributed by atoms with Crippen LogP contribution in [-0.2, 0) is 21.4 Å². The third-order valence-corrected chi connectivity index (χ3v) is 5.98. The molecule has 24 heavy (non-hydrogen) atoms. The molecule has 0 heterocycles. The van der Waals surface area contributed by atoms with Crippen molar-refractivity contribution in [3.63, 3.8) is 0 Å². The first-order chi connectivity index (χ1) is 11.2. The van der Waals surface area contributed by atoms with E-state index < -0.39 is 10.0 Å². The molecule has 0 saturated heterocycles. The van der Waals surface area contributed by atoms with Crippen molar-refractivity contribution < 1.29 is 13.2 Å². The highest BCUT2D eigenvalue weighted by Crippen LogP contribution is 2.27. The number of halogens is 2. The first-order valence-electron chi connectivity index (χ1n) is 6.98. The lowest BCUT2D eigenvalue weighted by molar-refractivity contribution is -0.114. The zero-order chi connectivity index (χ0) is 17.9. The molecule has 0 bridgehead atoms. The van der Waals surface area contributed by atoms with E-state index in [9.17, 15) is 13.2 Å². The number of sulfonamides is 1. The van der Waals surface area contributed by atoms with E-state index in [4.69, 9.17) is 23.2 Å². The lowest BCUT2D eigenvalue weighted by Crippen LogP contribution is -2.26. The van der Waals surface area contributed by atoms with Gasteiger partial charge in [0.1, 0.15) is 0 Å². The minimum Gasteiger partial charge on any atom is -0.326 e. The smallest absolute Gasteiger partial charge is 0.243 e. The Labute approximate surface area is 151 Å². The number of carbonyl (C=O) groups excluding carboxylic acids is 1. The molecule has 0 aliphatic heterocycles. The molecule has 0 unspecified atom stereocenters. The van der Waals surface area contributed by atoms with Crippen LogP contribution in [0, 0.1) is 0 Å². The lowest BCUT2D eigenvalue weighted by Gasteiger charge is -2.18. The van der Waals surface area contributed by atoms with E-state index in [0.717, 1.165) is 0 Å². The van der Waals surface area contributed by atoms with Gasteiger partial charge in [0.2, 0.25) is 15.9 Å². The predicted molar refractivity (Wildman–Crippen MR) is 95.9 cm³/mol. The highest BCUT2D eigenvalue weighted by Gasteiger charge is 2.22. The molecule has 0 radical (unpaired) electrons. The Morgan fingerprint density at radius 2 is 1.75 bits per heavy atom. The van der Waals surface area contributed by atoms with Crippen molar-refractivity contribution in [2.45, 2.75) is 18.4 Å². The molecule has 0 fully saturated rings. The average Bonchev–Trinajstić information content (AvgIpc) is 2.51. The SMILES string of the molecule is CC(=O)Nc1ccc(S(=O)(=O)N(C)Cc2cccc(Cl)c2Cl)cc1. The van der Waals surface area contributed by atoms with E-state index in [2.05, 4.69) is 5.32 Å². The maximum Gasteiger partial charge on any atom is 0.243 e. The largest absolute Gasteiger partial charge is 0.326 e. The molecule has 0 aliphatic carbocycles. The maximum absolute atomic E-state index is 12.6. The van der Waals surface area contributed by atoms with E-state index in [1.165, 1.54) is 42.5 Å². The van der Waals surface area contributed by atoms with Crippen molar-refractivity contribution >= 4 is 44.8 Å². The summed E-state index contributed by atoms with van der Waals surface area (Å²) in [6.07, 6.45) is 0. The summed E-state index contributed by atoms with van der Waals surface area (Å²) in [4.78, 5) is 11.1. The van der Waals surface area contributed by atoms with Crippen LogP contribution in [0.3, 0.4) is 0 Å². The van der Waals surface area contributed by atoms with Crippen molar-refractivity contribution in [1.82, 2.24) is 4.31 Å². The summed E-state index contributed by atoms with van der Waals surface area (Å²) < 4.78 is 26.4. The van der Waals surface area contributed by atoms with Gasteiger partial charge < -0.3 is 5.32 Å². The number of amides is 1. The Bertz CT molecular complexity index is 852. The standard InChI is InChI=1S/C16H16Cl2N2O3S/c1-11(21)19-13-6-8-14(9-7-13)24(22,23)20(2)10-12-4-3-5-15(17)16(12)18/h3-9H,10H2,1-2H3,(H,19,21). The third-order valence-electron chi connectivity index (χ3n) is 3.31. The Hall–Kier alpha value is -1.60. The van der Waals surface area contributed by atoms with Gasteiger partial charge in [0.15, 0.2) is 0 Å². The van der Waals surface area contributed by atoms with E-state index in [-0.39, 0.29) is 17.3 Å². The van der Waals surface area contributed by atoms with Gasteiger partial charge in [-0.3, -0.25) is 4.79 Å². The molecule has 5 nitrogen and oxygen atoms in total. The summed E-state index contributed by atoms with van der Waals surface area (Å²) in [5.74, 6) is -0.224. The Morgan fingerprint density at radius 3 is 2.33 bits per heavy atom. The third kappa shape index (κ3) is 4.27. The summed E-state index contributed by atoms with van der Waals surface area (Å²) in [5, 5.41) is 3.30. The zero-order valence-corrected chi connectivity index (χ0v) is 15.4. The van der Waals surface area contributed by atoms with Gasteiger partial charge in [0.25, 0.3) is 0 Å². The summed E-state index contributed by atoms with van der Waals surface area (Å²) >= 11 is 12.1. The second-order valence-electron chi connectivity index (χ2n) is 5.18. The van der Waals surface area contributed by atoms with Crippen molar-refractivity contribution in [2.24, 2.45) is 0 Å². The van der Waals surface area contributed by atoms with Crippen LogP contribution in [-0.4, -0.2) is 25.7 Å². The molecular weight excluding hydrogens is 371 g/mol. The van der Waals surface area contributed by atoms with Crippen molar-refractivity contribution in [2.75, 3.05) is 12.4 Å². The molecule has 128 valence electrons. The minimum atomic E-state index is -3.69. The molecule has 8 heteroatoms. The van der Waals surface area contributed by atoms with E-state index in [0.29, 0.717) is 21.3 Å². The molecule has 0 atom stereocenters. The number of anilines is 1. The van der Waals surface area contributed by atoms with Crippen LogP contribution < -0.4 is 5.32 Å². The van der Waals surface area contributed by atoms with Crippen molar-refractivity contribution in [3.05, 3.63) is 58.1 Å². The second-order valence-corrected chi connectivity index (χ2v) is 8.01. The second kappa shape index (κ2) is 7.53. The topological polar surface area (TPSA) is 66.5 Å². The molecule has 0 saturated carbocycles. The Balaban J connectivity index is 2.22. The first kappa shape index (κ1) is 18.7. The molecule has 2 rings (SSSR count). The molecule has 1 amide bonds. The Morgan fingerprint density at radius 1 is 1.12 bits per heavy atom. The van der Waals surface area contributed by atoms with E-state index in [1.54, 1.807) is 18.2 Å². The van der Waals surface area contributed by atoms with Gasteiger partial charge in [-0.15, -0.1) is 0 Å². The summed E-state index contributed by atoms with van der Waals surface area (Å²) in [6, 6.07) is 11.0. The highest BCUT2D eigenvalue weighted by atomic mass is 35.5. The minimum absolute atomic E-state index is 0.0924. The Kier molecular flexibility index (Phi) is 5.87. The molecule has 0 aliphatic rings. The first-order valence-corrected chi connectivity index (χ1v) is 9.18. The summed E-state index contributed by atoms with van der Waals surface area (Å²) in [5.41, 5.74) is 1.15. The molecule has 1 N–H and O–H groups in total. The predicted octanol–water partition coefficient (Wildman–Crippen LogP) is 3.77. The molecule has 0 aromatic heterocycles. The number of nitrogens with zero attached hydrogens (tertiary/aromatic N) is 1. The summed E-state index contributed by atoms with van der Waals surface area (Å²) in [6.45, 7) is 1.47. The van der Waals surface area contributed by atoms with Gasteiger partial charge in [-0.1, -0.05) is 35.3 Å². The monoisotopic (exact) mass is 386 g/mol. The van der Waals surface area contributed by atoms with Gasteiger partial charge in [0, 0.05) is 26.2 Å². The van der Waals surface area contributed by atoms with Gasteiger partial charge in [-0.25, -0.2) is 8.42 Å². The zero-order valence-electron chi connectivity index (χ0n) is 13.1. The lowest BCUT2D eigenvalue weighted by atomic mass is 10.2. The fourth-order valence-electron chi connectivity index (χ4n) is 2.09. The van der Waals surface area contributed by atoms with Crippen LogP contribution in [0.15, 0.2) is 47.4 Å². The van der Waals surface area contributed by atoms with Crippen LogP contribution in [0.5, 0.6) is 0 Å². The quantitative estimate of drug-likeness (QED) is 0.849. The van der Waals surface area contributed by atoms with Crippen LogP contribution in [0.1, 0.15) is 12.5 Å². The molecular formula is C16H16Cl2N2O3S. The summed E-state index contributed by atoms with van der Waals surface area (Å²) in [7, 11) is -2.23.